The van der Waals surface area contributed by atoms with E-state index < -0.39 is 17.6 Å². The molecular formula is C30H40N4O3. The number of rotatable bonds is 5. The summed E-state index contributed by atoms with van der Waals surface area (Å²) < 4.78 is 0. The summed E-state index contributed by atoms with van der Waals surface area (Å²) in [6.07, 6.45) is 6.20. The highest BCUT2D eigenvalue weighted by Crippen LogP contribution is 2.45. The molecule has 4 rings (SSSR count). The number of nitrogens with one attached hydrogen (secondary N) is 1. The Labute approximate surface area is 220 Å². The summed E-state index contributed by atoms with van der Waals surface area (Å²) in [6.45, 7) is 7.57. The van der Waals surface area contributed by atoms with Crippen LogP contribution in [0.2, 0.25) is 0 Å². The van der Waals surface area contributed by atoms with Gasteiger partial charge < -0.3 is 16.0 Å². The minimum absolute atomic E-state index is 0.0767. The SMILES string of the molecule is Cc1cccc(N(C(N)=O)C2CC(C3CCCCC3)c3ccccc3N(CC(=O)NC(C)(C)C)C2=O)c1. The molecule has 1 fully saturated rings. The van der Waals surface area contributed by atoms with Crippen LogP contribution in [-0.4, -0.2) is 36.0 Å². The Morgan fingerprint density at radius 3 is 2.41 bits per heavy atom. The lowest BCUT2D eigenvalue weighted by molar-refractivity contribution is -0.125. The van der Waals surface area contributed by atoms with E-state index in [1.54, 1.807) is 4.90 Å². The molecule has 2 unspecified atom stereocenters. The van der Waals surface area contributed by atoms with Gasteiger partial charge in [-0.2, -0.15) is 0 Å². The Hall–Kier alpha value is -3.35. The highest BCUT2D eigenvalue weighted by Gasteiger charge is 2.43. The number of nitrogens with two attached hydrogens (primary N) is 1. The maximum absolute atomic E-state index is 14.3. The molecule has 0 radical (unpaired) electrons. The molecule has 1 aliphatic carbocycles. The molecule has 7 heteroatoms. The van der Waals surface area contributed by atoms with Crippen LogP contribution in [0.4, 0.5) is 16.2 Å². The fourth-order valence-corrected chi connectivity index (χ4v) is 6.02. The molecule has 0 aromatic heterocycles. The molecule has 2 aliphatic rings. The number of nitrogens with zero attached hydrogens (tertiary/aromatic N) is 2. The topological polar surface area (TPSA) is 95.7 Å². The van der Waals surface area contributed by atoms with Gasteiger partial charge in [0, 0.05) is 16.9 Å². The van der Waals surface area contributed by atoms with Gasteiger partial charge in [0.15, 0.2) is 0 Å². The van der Waals surface area contributed by atoms with Gasteiger partial charge in [-0.1, -0.05) is 49.6 Å². The van der Waals surface area contributed by atoms with Gasteiger partial charge in [0.05, 0.1) is 0 Å². The predicted molar refractivity (Wildman–Crippen MR) is 148 cm³/mol. The molecule has 3 N–H and O–H groups in total. The fourth-order valence-electron chi connectivity index (χ4n) is 6.02. The first kappa shape index (κ1) is 26.7. The summed E-state index contributed by atoms with van der Waals surface area (Å²) >= 11 is 0. The molecule has 2 aromatic rings. The second-order valence-corrected chi connectivity index (χ2v) is 11.6. The van der Waals surface area contributed by atoms with Crippen molar-refractivity contribution in [3.8, 4) is 0 Å². The van der Waals surface area contributed by atoms with Gasteiger partial charge in [-0.15, -0.1) is 0 Å². The van der Waals surface area contributed by atoms with Gasteiger partial charge in [-0.05, 0) is 88.1 Å². The largest absolute Gasteiger partial charge is 0.351 e. The van der Waals surface area contributed by atoms with E-state index in [2.05, 4.69) is 11.4 Å². The van der Waals surface area contributed by atoms with E-state index >= 15 is 0 Å². The van der Waals surface area contributed by atoms with Crippen molar-refractivity contribution < 1.29 is 14.4 Å². The second-order valence-electron chi connectivity index (χ2n) is 11.6. The quantitative estimate of drug-likeness (QED) is 0.581. The predicted octanol–water partition coefficient (Wildman–Crippen LogP) is 5.26. The van der Waals surface area contributed by atoms with Crippen molar-refractivity contribution >= 4 is 29.2 Å². The number of urea groups is 1. The van der Waals surface area contributed by atoms with Crippen molar-refractivity contribution in [2.45, 2.75) is 83.7 Å². The zero-order valence-electron chi connectivity index (χ0n) is 22.5. The van der Waals surface area contributed by atoms with Crippen molar-refractivity contribution in [1.82, 2.24) is 5.32 Å². The Balaban J connectivity index is 1.82. The second kappa shape index (κ2) is 11.0. The smallest absolute Gasteiger partial charge is 0.320 e. The number of carbonyl (C=O) groups excluding carboxylic acids is 3. The molecule has 0 bridgehead atoms. The van der Waals surface area contributed by atoms with Crippen molar-refractivity contribution in [2.24, 2.45) is 11.7 Å². The zero-order chi connectivity index (χ0) is 26.7. The van der Waals surface area contributed by atoms with Crippen LogP contribution in [-0.2, 0) is 9.59 Å². The van der Waals surface area contributed by atoms with E-state index in [9.17, 15) is 14.4 Å². The van der Waals surface area contributed by atoms with Crippen molar-refractivity contribution in [3.63, 3.8) is 0 Å². The Kier molecular flexibility index (Phi) is 7.90. The van der Waals surface area contributed by atoms with Gasteiger partial charge in [0.1, 0.15) is 12.6 Å². The van der Waals surface area contributed by atoms with Crippen LogP contribution in [0, 0.1) is 12.8 Å². The van der Waals surface area contributed by atoms with E-state index in [0.717, 1.165) is 42.5 Å². The summed E-state index contributed by atoms with van der Waals surface area (Å²) in [5, 5.41) is 2.98. The number of fused-ring (bicyclic) bond motifs is 1. The average Bonchev–Trinajstić information content (AvgIpc) is 2.94. The third-order valence-corrected chi connectivity index (χ3v) is 7.52. The number of anilines is 2. The first-order valence-electron chi connectivity index (χ1n) is 13.4. The molecule has 1 heterocycles. The van der Waals surface area contributed by atoms with E-state index in [-0.39, 0.29) is 24.3 Å². The summed E-state index contributed by atoms with van der Waals surface area (Å²) in [7, 11) is 0. The van der Waals surface area contributed by atoms with Crippen molar-refractivity contribution in [2.75, 3.05) is 16.3 Å². The fraction of sp³-hybridized carbons (Fsp3) is 0.500. The Morgan fingerprint density at radius 2 is 1.76 bits per heavy atom. The molecule has 0 spiro atoms. The summed E-state index contributed by atoms with van der Waals surface area (Å²) in [5.74, 6) is -0.0459. The molecule has 2 aromatic carbocycles. The number of amides is 4. The summed E-state index contributed by atoms with van der Waals surface area (Å²) in [4.78, 5) is 43.4. The van der Waals surface area contributed by atoms with Gasteiger partial charge in [-0.25, -0.2) is 4.79 Å². The molecule has 1 saturated carbocycles. The highest BCUT2D eigenvalue weighted by molar-refractivity contribution is 6.08. The zero-order valence-corrected chi connectivity index (χ0v) is 22.5. The van der Waals surface area contributed by atoms with Crippen molar-refractivity contribution in [3.05, 3.63) is 59.7 Å². The van der Waals surface area contributed by atoms with E-state index in [4.69, 9.17) is 5.73 Å². The average molecular weight is 505 g/mol. The number of carbonyl (C=O) groups is 3. The number of hydrogen-bond acceptors (Lipinski definition) is 3. The lowest BCUT2D eigenvalue weighted by Gasteiger charge is -2.35. The lowest BCUT2D eigenvalue weighted by Crippen LogP contribution is -2.55. The van der Waals surface area contributed by atoms with Crippen LogP contribution >= 0.6 is 0 Å². The van der Waals surface area contributed by atoms with E-state index in [1.807, 2.05) is 70.2 Å². The number of hydrogen-bond donors (Lipinski definition) is 2. The highest BCUT2D eigenvalue weighted by atomic mass is 16.2. The van der Waals surface area contributed by atoms with Crippen LogP contribution in [0.15, 0.2) is 48.5 Å². The lowest BCUT2D eigenvalue weighted by atomic mass is 9.74. The Bertz CT molecular complexity index is 1150. The maximum Gasteiger partial charge on any atom is 0.320 e. The molecule has 37 heavy (non-hydrogen) atoms. The minimum atomic E-state index is -0.818. The van der Waals surface area contributed by atoms with Crippen LogP contribution < -0.4 is 20.9 Å². The summed E-state index contributed by atoms with van der Waals surface area (Å²) in [5.41, 5.74) is 8.92. The standard InChI is InChI=1S/C30H40N4O3/c1-20-11-10-14-22(17-20)34(29(31)37)26-18-24(21-12-6-5-7-13-21)23-15-8-9-16-25(23)33(28(26)36)19-27(35)32-30(2,3)4/h8-11,14-17,21,24,26H,5-7,12-13,18-19H2,1-4H3,(H2,31,37)(H,32,35). The van der Waals surface area contributed by atoms with Gasteiger partial charge in [-0.3, -0.25) is 14.5 Å². The molecule has 0 saturated heterocycles. The van der Waals surface area contributed by atoms with Crippen LogP contribution in [0.1, 0.15) is 76.3 Å². The van der Waals surface area contributed by atoms with Crippen LogP contribution in [0.5, 0.6) is 0 Å². The van der Waals surface area contributed by atoms with Gasteiger partial charge in [0.2, 0.25) is 5.91 Å². The third-order valence-electron chi connectivity index (χ3n) is 7.52. The first-order chi connectivity index (χ1) is 17.5. The van der Waals surface area contributed by atoms with Crippen molar-refractivity contribution in [1.29, 1.82) is 0 Å². The molecule has 2 atom stereocenters. The molecular weight excluding hydrogens is 464 g/mol. The van der Waals surface area contributed by atoms with Crippen LogP contribution in [0.3, 0.4) is 0 Å². The Morgan fingerprint density at radius 1 is 1.05 bits per heavy atom. The minimum Gasteiger partial charge on any atom is -0.351 e. The van der Waals surface area contributed by atoms with Gasteiger partial charge in [0.25, 0.3) is 5.91 Å². The monoisotopic (exact) mass is 504 g/mol. The first-order valence-corrected chi connectivity index (χ1v) is 13.4. The van der Waals surface area contributed by atoms with E-state index in [1.165, 1.54) is 11.3 Å². The number of benzene rings is 2. The molecule has 7 nitrogen and oxygen atoms in total. The number of para-hydroxylation sites is 1. The molecule has 1 aliphatic heterocycles. The molecule has 198 valence electrons. The summed E-state index contributed by atoms with van der Waals surface area (Å²) in [6, 6.07) is 13.9. The van der Waals surface area contributed by atoms with E-state index in [0.29, 0.717) is 18.0 Å². The number of aryl methyl sites for hydroxylation is 1. The normalized spacial score (nSPS) is 20.6. The molecule has 4 amide bonds. The maximum atomic E-state index is 14.3. The third kappa shape index (κ3) is 6.14. The number of primary amides is 1. The van der Waals surface area contributed by atoms with Crippen LogP contribution in [0.25, 0.3) is 0 Å². The van der Waals surface area contributed by atoms with Gasteiger partial charge >= 0.3 is 6.03 Å².